The third-order valence-electron chi connectivity index (χ3n) is 2.66. The van der Waals surface area contributed by atoms with E-state index in [1.807, 2.05) is 0 Å². The fraction of sp³-hybridized carbons (Fsp3) is 0.833. The molecule has 15 heavy (non-hydrogen) atoms. The molecule has 1 heterocycles. The van der Waals surface area contributed by atoms with Crippen molar-refractivity contribution in [2.45, 2.75) is 25.6 Å². The van der Waals surface area contributed by atoms with Gasteiger partial charge in [-0.05, 0) is 25.2 Å². The van der Waals surface area contributed by atoms with E-state index in [0.29, 0.717) is 0 Å². The fourth-order valence-corrected chi connectivity index (χ4v) is 1.60. The minimum absolute atomic E-state index is 0.0181. The minimum atomic E-state index is 0.0181. The second-order valence-electron chi connectivity index (χ2n) is 4.69. The molecule has 1 atom stereocenters. The summed E-state index contributed by atoms with van der Waals surface area (Å²) in [7, 11) is 4.23. The quantitative estimate of drug-likeness (QED) is 0.504. The first kappa shape index (κ1) is 12.5. The van der Waals surface area contributed by atoms with Crippen LogP contribution in [-0.4, -0.2) is 51.2 Å². The molecule has 0 saturated carbocycles. The van der Waals surface area contributed by atoms with Gasteiger partial charge < -0.3 is 14.0 Å². The van der Waals surface area contributed by atoms with E-state index < -0.39 is 0 Å². The lowest BCUT2D eigenvalue weighted by molar-refractivity contribution is -0.883. The number of nitrogens with zero attached hydrogens (tertiary/aromatic N) is 1. The maximum Gasteiger partial charge on any atom is 0.157 e. The van der Waals surface area contributed by atoms with Crippen LogP contribution in [0.15, 0.2) is 0 Å². The summed E-state index contributed by atoms with van der Waals surface area (Å²) < 4.78 is 12.0. The van der Waals surface area contributed by atoms with Gasteiger partial charge in [-0.3, -0.25) is 0 Å². The van der Waals surface area contributed by atoms with Crippen molar-refractivity contribution in [3.05, 3.63) is 0 Å². The molecule has 1 rings (SSSR count). The van der Waals surface area contributed by atoms with E-state index in [2.05, 4.69) is 20.0 Å². The Morgan fingerprint density at radius 3 is 2.87 bits per heavy atom. The summed E-state index contributed by atoms with van der Waals surface area (Å²) in [5, 5.41) is 0. The highest BCUT2D eigenvalue weighted by Crippen LogP contribution is 2.13. The zero-order valence-corrected chi connectivity index (χ0v) is 9.87. The van der Waals surface area contributed by atoms with Crippen LogP contribution in [0, 0.1) is 12.3 Å². The third kappa shape index (κ3) is 5.17. The lowest BCUT2D eigenvalue weighted by Crippen LogP contribution is -2.43. The molecule has 0 aromatic heterocycles. The average molecular weight is 212 g/mol. The lowest BCUT2D eigenvalue weighted by atomic mass is 10.2. The molecule has 0 N–H and O–H groups in total. The van der Waals surface area contributed by atoms with Crippen LogP contribution < -0.4 is 0 Å². The van der Waals surface area contributed by atoms with Crippen molar-refractivity contribution in [2.24, 2.45) is 0 Å². The van der Waals surface area contributed by atoms with Gasteiger partial charge in [0.15, 0.2) is 6.29 Å². The second kappa shape index (κ2) is 6.12. The summed E-state index contributed by atoms with van der Waals surface area (Å²) in [6, 6.07) is 0. The zero-order chi connectivity index (χ0) is 11.1. The van der Waals surface area contributed by atoms with Crippen molar-refractivity contribution < 1.29 is 14.0 Å². The van der Waals surface area contributed by atoms with E-state index in [4.69, 9.17) is 15.9 Å². The van der Waals surface area contributed by atoms with Crippen molar-refractivity contribution in [3.8, 4) is 12.3 Å². The van der Waals surface area contributed by atoms with Crippen molar-refractivity contribution >= 4 is 0 Å². The van der Waals surface area contributed by atoms with Gasteiger partial charge >= 0.3 is 0 Å². The van der Waals surface area contributed by atoms with Crippen molar-refractivity contribution in [1.29, 1.82) is 0 Å². The molecule has 1 aliphatic heterocycles. The first-order chi connectivity index (χ1) is 7.14. The van der Waals surface area contributed by atoms with Gasteiger partial charge in [0.1, 0.15) is 13.1 Å². The summed E-state index contributed by atoms with van der Waals surface area (Å²) >= 11 is 0. The Kier molecular flexibility index (Phi) is 5.10. The highest BCUT2D eigenvalue weighted by Gasteiger charge is 2.17. The van der Waals surface area contributed by atoms with Crippen LogP contribution >= 0.6 is 0 Å². The normalized spacial score (nSPS) is 22.3. The van der Waals surface area contributed by atoms with Crippen LogP contribution in [0.2, 0.25) is 0 Å². The smallest absolute Gasteiger partial charge is 0.157 e. The monoisotopic (exact) mass is 212 g/mol. The van der Waals surface area contributed by atoms with E-state index in [-0.39, 0.29) is 6.29 Å². The summed E-state index contributed by atoms with van der Waals surface area (Å²) in [6.07, 6.45) is 8.73. The predicted molar refractivity (Wildman–Crippen MR) is 60.2 cm³/mol. The molecule has 1 aliphatic rings. The molecule has 0 aromatic carbocycles. The Balaban J connectivity index is 2.12. The summed E-state index contributed by atoms with van der Waals surface area (Å²) in [6.45, 7) is 3.24. The average Bonchev–Trinajstić information content (AvgIpc) is 2.19. The Hall–Kier alpha value is -0.560. The van der Waals surface area contributed by atoms with Gasteiger partial charge in [-0.15, -0.1) is 6.42 Å². The largest absolute Gasteiger partial charge is 0.353 e. The van der Waals surface area contributed by atoms with Crippen LogP contribution in [0.3, 0.4) is 0 Å². The Bertz CT molecular complexity index is 214. The molecule has 1 saturated heterocycles. The maximum absolute atomic E-state index is 5.66. The zero-order valence-electron chi connectivity index (χ0n) is 9.87. The van der Waals surface area contributed by atoms with E-state index in [0.717, 1.165) is 37.2 Å². The Labute approximate surface area is 92.9 Å². The molecule has 3 nitrogen and oxygen atoms in total. The third-order valence-corrected chi connectivity index (χ3v) is 2.66. The van der Waals surface area contributed by atoms with Crippen LogP contribution in [0.25, 0.3) is 0 Å². The Morgan fingerprint density at radius 1 is 1.47 bits per heavy atom. The van der Waals surface area contributed by atoms with Crippen LogP contribution in [0.1, 0.15) is 19.3 Å². The first-order valence-electron chi connectivity index (χ1n) is 5.63. The fourth-order valence-electron chi connectivity index (χ4n) is 1.60. The summed E-state index contributed by atoms with van der Waals surface area (Å²) in [5.74, 6) is 2.68. The van der Waals surface area contributed by atoms with Gasteiger partial charge in [-0.1, -0.05) is 0 Å². The summed E-state index contributed by atoms with van der Waals surface area (Å²) in [5.41, 5.74) is 0. The van der Waals surface area contributed by atoms with Gasteiger partial charge in [0.05, 0.1) is 20.7 Å². The van der Waals surface area contributed by atoms with Gasteiger partial charge in [-0.25, -0.2) is 0 Å². The standard InChI is InChI=1S/C12H22NO2/c1-4-8-13(2,3)9-11-15-12-7-5-6-10-14-12/h1,12H,5-11H2,2-3H3/q+1. The van der Waals surface area contributed by atoms with Gasteiger partial charge in [0.25, 0.3) is 0 Å². The second-order valence-corrected chi connectivity index (χ2v) is 4.69. The molecule has 0 aliphatic carbocycles. The molecule has 0 bridgehead atoms. The van der Waals surface area contributed by atoms with E-state index >= 15 is 0 Å². The van der Waals surface area contributed by atoms with Gasteiger partial charge in [0, 0.05) is 6.61 Å². The molecule has 0 radical (unpaired) electrons. The van der Waals surface area contributed by atoms with Crippen molar-refractivity contribution in [1.82, 2.24) is 0 Å². The SMILES string of the molecule is C#CC[N+](C)(C)CCOC1CCCCO1. The lowest BCUT2D eigenvalue weighted by Gasteiger charge is -2.29. The summed E-state index contributed by atoms with van der Waals surface area (Å²) in [4.78, 5) is 0. The highest BCUT2D eigenvalue weighted by molar-refractivity contribution is 4.83. The number of terminal acetylenes is 1. The van der Waals surface area contributed by atoms with E-state index in [1.54, 1.807) is 0 Å². The molecule has 1 fully saturated rings. The number of hydrogen-bond acceptors (Lipinski definition) is 2. The van der Waals surface area contributed by atoms with E-state index in [1.165, 1.54) is 12.8 Å². The minimum Gasteiger partial charge on any atom is -0.353 e. The molecule has 0 aromatic rings. The number of ether oxygens (including phenoxy) is 2. The van der Waals surface area contributed by atoms with Crippen molar-refractivity contribution in [3.63, 3.8) is 0 Å². The molecular weight excluding hydrogens is 190 g/mol. The molecular formula is C12H22NO2+. The molecule has 0 amide bonds. The first-order valence-corrected chi connectivity index (χ1v) is 5.63. The van der Waals surface area contributed by atoms with Gasteiger partial charge in [0.2, 0.25) is 0 Å². The van der Waals surface area contributed by atoms with Crippen LogP contribution in [0.5, 0.6) is 0 Å². The van der Waals surface area contributed by atoms with Gasteiger partial charge in [-0.2, -0.15) is 0 Å². The highest BCUT2D eigenvalue weighted by atomic mass is 16.7. The molecule has 3 heteroatoms. The Morgan fingerprint density at radius 2 is 2.27 bits per heavy atom. The number of likely N-dealkylation sites (N-methyl/N-ethyl adjacent to an activating group) is 1. The topological polar surface area (TPSA) is 18.5 Å². The van der Waals surface area contributed by atoms with Crippen LogP contribution in [-0.2, 0) is 9.47 Å². The predicted octanol–water partition coefficient (Wildman–Crippen LogP) is 1.24. The molecule has 1 unspecified atom stereocenters. The maximum atomic E-state index is 5.66. The van der Waals surface area contributed by atoms with Crippen LogP contribution in [0.4, 0.5) is 0 Å². The number of hydrogen-bond donors (Lipinski definition) is 0. The van der Waals surface area contributed by atoms with Crippen molar-refractivity contribution in [2.75, 3.05) is 40.4 Å². The van der Waals surface area contributed by atoms with E-state index in [9.17, 15) is 0 Å². The molecule has 86 valence electrons. The number of rotatable bonds is 5. The number of quaternary nitrogens is 1. The molecule has 0 spiro atoms.